The van der Waals surface area contributed by atoms with Gasteiger partial charge in [-0.15, -0.1) is 11.3 Å². The molecule has 0 atom stereocenters. The summed E-state index contributed by atoms with van der Waals surface area (Å²) in [6.45, 7) is 8.02. The van der Waals surface area contributed by atoms with Crippen molar-refractivity contribution in [1.29, 1.82) is 0 Å². The van der Waals surface area contributed by atoms with Gasteiger partial charge in [-0.3, -0.25) is 0 Å². The van der Waals surface area contributed by atoms with Gasteiger partial charge in [-0.05, 0) is 41.7 Å². The highest BCUT2D eigenvalue weighted by atomic mass is 32.1. The molecule has 2 rings (SSSR count). The van der Waals surface area contributed by atoms with E-state index in [0.29, 0.717) is 20.6 Å². The fourth-order valence-corrected chi connectivity index (χ4v) is 4.13. The number of carbonyl (C=O) groups excluding carboxylic acids is 2. The standard InChI is InChI=1S/C20H24N2O4S2/c1-11-14(17(23)25-5)16(28-15(11)18(24)26-6)22-19(27)21-13-10-8-7-9-12(13)20(2,3)4/h7-10H,1-6H3,(H2,21,22,27). The fourth-order valence-electron chi connectivity index (χ4n) is 2.74. The van der Waals surface area contributed by atoms with Gasteiger partial charge >= 0.3 is 11.9 Å². The topological polar surface area (TPSA) is 76.7 Å². The third kappa shape index (κ3) is 4.69. The third-order valence-corrected chi connectivity index (χ3v) is 5.51. The minimum Gasteiger partial charge on any atom is -0.465 e. The second-order valence-corrected chi connectivity index (χ2v) is 8.55. The van der Waals surface area contributed by atoms with Gasteiger partial charge in [0, 0.05) is 5.69 Å². The number of nitrogens with one attached hydrogen (secondary N) is 2. The second-order valence-electron chi connectivity index (χ2n) is 7.12. The fraction of sp³-hybridized carbons (Fsp3) is 0.350. The maximum atomic E-state index is 12.2. The maximum Gasteiger partial charge on any atom is 0.348 e. The van der Waals surface area contributed by atoms with E-state index in [1.807, 2.05) is 24.3 Å². The number of methoxy groups -OCH3 is 2. The molecule has 0 aliphatic heterocycles. The predicted octanol–water partition coefficient (Wildman–Crippen LogP) is 4.74. The van der Waals surface area contributed by atoms with E-state index in [1.165, 1.54) is 14.2 Å². The van der Waals surface area contributed by atoms with Crippen LogP contribution in [0.15, 0.2) is 24.3 Å². The van der Waals surface area contributed by atoms with Crippen molar-refractivity contribution in [3.63, 3.8) is 0 Å². The Morgan fingerprint density at radius 1 is 1.04 bits per heavy atom. The Labute approximate surface area is 174 Å². The minimum atomic E-state index is -0.552. The molecule has 1 aromatic heterocycles. The molecule has 2 N–H and O–H groups in total. The van der Waals surface area contributed by atoms with Crippen molar-refractivity contribution in [1.82, 2.24) is 0 Å². The van der Waals surface area contributed by atoms with Crippen LogP contribution in [-0.2, 0) is 14.9 Å². The normalized spacial score (nSPS) is 10.9. The highest BCUT2D eigenvalue weighted by Gasteiger charge is 2.26. The number of esters is 2. The van der Waals surface area contributed by atoms with E-state index in [4.69, 9.17) is 21.7 Å². The van der Waals surface area contributed by atoms with Crippen LogP contribution in [0.5, 0.6) is 0 Å². The number of thiocarbonyl (C=S) groups is 1. The van der Waals surface area contributed by atoms with Crippen LogP contribution in [0.1, 0.15) is 51.9 Å². The summed E-state index contributed by atoms with van der Waals surface area (Å²) in [6.07, 6.45) is 0. The van der Waals surface area contributed by atoms with Gasteiger partial charge in [0.15, 0.2) is 5.11 Å². The summed E-state index contributed by atoms with van der Waals surface area (Å²) in [5.74, 6) is -1.07. The average molecular weight is 421 g/mol. The van der Waals surface area contributed by atoms with Crippen LogP contribution in [0.25, 0.3) is 0 Å². The number of para-hydroxylation sites is 1. The first-order valence-corrected chi connectivity index (χ1v) is 9.80. The van der Waals surface area contributed by atoms with Crippen LogP contribution in [0.2, 0.25) is 0 Å². The third-order valence-electron chi connectivity index (χ3n) is 4.12. The van der Waals surface area contributed by atoms with Crippen LogP contribution in [0.3, 0.4) is 0 Å². The van der Waals surface area contributed by atoms with Crippen molar-refractivity contribution in [2.45, 2.75) is 33.1 Å². The summed E-state index contributed by atoms with van der Waals surface area (Å²) in [5, 5.41) is 6.94. The zero-order valence-electron chi connectivity index (χ0n) is 16.8. The molecule has 0 saturated carbocycles. The number of hydrogen-bond acceptors (Lipinski definition) is 6. The molecule has 0 bridgehead atoms. The summed E-state index contributed by atoms with van der Waals surface area (Å²) < 4.78 is 9.66. The molecule has 1 aromatic carbocycles. The molecule has 2 aromatic rings. The molecule has 8 heteroatoms. The van der Waals surface area contributed by atoms with Gasteiger partial charge in [0.2, 0.25) is 0 Å². The molecule has 0 amide bonds. The number of hydrogen-bond donors (Lipinski definition) is 2. The highest BCUT2D eigenvalue weighted by molar-refractivity contribution is 7.80. The monoisotopic (exact) mass is 420 g/mol. The summed E-state index contributed by atoms with van der Waals surface area (Å²) in [4.78, 5) is 24.6. The lowest BCUT2D eigenvalue weighted by Crippen LogP contribution is -2.23. The van der Waals surface area contributed by atoms with Crippen LogP contribution in [-0.4, -0.2) is 31.3 Å². The van der Waals surface area contributed by atoms with Crippen molar-refractivity contribution in [3.05, 3.63) is 45.8 Å². The number of ether oxygens (including phenoxy) is 2. The molecular formula is C20H24N2O4S2. The predicted molar refractivity (Wildman–Crippen MR) is 117 cm³/mol. The smallest absolute Gasteiger partial charge is 0.348 e. The van der Waals surface area contributed by atoms with Crippen molar-refractivity contribution in [2.75, 3.05) is 24.9 Å². The molecule has 0 radical (unpaired) electrons. The summed E-state index contributed by atoms with van der Waals surface area (Å²) in [7, 11) is 2.58. The van der Waals surface area contributed by atoms with Gasteiger partial charge in [0.25, 0.3) is 0 Å². The first-order valence-electron chi connectivity index (χ1n) is 8.57. The van der Waals surface area contributed by atoms with E-state index in [2.05, 4.69) is 31.4 Å². The molecule has 6 nitrogen and oxygen atoms in total. The van der Waals surface area contributed by atoms with E-state index in [1.54, 1.807) is 6.92 Å². The Balaban J connectivity index is 2.35. The first kappa shape index (κ1) is 21.8. The van der Waals surface area contributed by atoms with Crippen LogP contribution in [0, 0.1) is 6.92 Å². The molecule has 0 aliphatic rings. The zero-order chi connectivity index (χ0) is 21.1. The molecule has 0 aliphatic carbocycles. The van der Waals surface area contributed by atoms with E-state index in [0.717, 1.165) is 22.6 Å². The van der Waals surface area contributed by atoms with E-state index >= 15 is 0 Å². The average Bonchev–Trinajstić information content (AvgIpc) is 2.95. The van der Waals surface area contributed by atoms with Crippen LogP contribution in [0.4, 0.5) is 10.7 Å². The zero-order valence-corrected chi connectivity index (χ0v) is 18.4. The summed E-state index contributed by atoms with van der Waals surface area (Å²) >= 11 is 6.54. The quantitative estimate of drug-likeness (QED) is 0.547. The Morgan fingerprint density at radius 3 is 2.21 bits per heavy atom. The van der Waals surface area contributed by atoms with Crippen molar-refractivity contribution in [2.24, 2.45) is 0 Å². The van der Waals surface area contributed by atoms with Gasteiger partial charge in [-0.25, -0.2) is 9.59 Å². The van der Waals surface area contributed by atoms with E-state index in [-0.39, 0.29) is 11.0 Å². The number of benzene rings is 1. The Morgan fingerprint density at radius 2 is 1.64 bits per heavy atom. The lowest BCUT2D eigenvalue weighted by atomic mass is 9.86. The molecule has 1 heterocycles. The van der Waals surface area contributed by atoms with Crippen LogP contribution >= 0.6 is 23.6 Å². The Hall–Kier alpha value is -2.45. The van der Waals surface area contributed by atoms with Gasteiger partial charge < -0.3 is 20.1 Å². The molecule has 0 saturated heterocycles. The lowest BCUT2D eigenvalue weighted by Gasteiger charge is -2.23. The van der Waals surface area contributed by atoms with Crippen LogP contribution < -0.4 is 10.6 Å². The van der Waals surface area contributed by atoms with Gasteiger partial charge in [0.1, 0.15) is 9.88 Å². The highest BCUT2D eigenvalue weighted by Crippen LogP contribution is 2.35. The largest absolute Gasteiger partial charge is 0.465 e. The number of anilines is 2. The molecule has 150 valence electrons. The number of thiophene rings is 1. The van der Waals surface area contributed by atoms with Crippen molar-refractivity contribution in [3.8, 4) is 0 Å². The van der Waals surface area contributed by atoms with Crippen molar-refractivity contribution >= 4 is 51.3 Å². The van der Waals surface area contributed by atoms with E-state index in [9.17, 15) is 9.59 Å². The minimum absolute atomic E-state index is 0.0754. The summed E-state index contributed by atoms with van der Waals surface area (Å²) in [6, 6.07) is 7.87. The number of carbonyl (C=O) groups is 2. The molecule has 28 heavy (non-hydrogen) atoms. The van der Waals surface area contributed by atoms with Gasteiger partial charge in [0.05, 0.1) is 19.8 Å². The summed E-state index contributed by atoms with van der Waals surface area (Å²) in [5.41, 5.74) is 2.65. The first-order chi connectivity index (χ1) is 13.1. The van der Waals surface area contributed by atoms with Gasteiger partial charge in [-0.2, -0.15) is 0 Å². The Kier molecular flexibility index (Phi) is 6.79. The SMILES string of the molecule is COC(=O)c1sc(NC(=S)Nc2ccccc2C(C)(C)C)c(C(=O)OC)c1C. The molecule has 0 unspecified atom stereocenters. The second kappa shape index (κ2) is 8.70. The number of rotatable bonds is 4. The van der Waals surface area contributed by atoms with Gasteiger partial charge in [-0.1, -0.05) is 39.0 Å². The molecule has 0 spiro atoms. The Bertz CT molecular complexity index is 913. The molecular weight excluding hydrogens is 396 g/mol. The van der Waals surface area contributed by atoms with E-state index < -0.39 is 11.9 Å². The molecule has 0 fully saturated rings. The lowest BCUT2D eigenvalue weighted by molar-refractivity contribution is 0.0601. The van der Waals surface area contributed by atoms with Crippen molar-refractivity contribution < 1.29 is 19.1 Å². The maximum absolute atomic E-state index is 12.2.